The van der Waals surface area contributed by atoms with E-state index in [0.717, 1.165) is 11.1 Å². The molecule has 0 heterocycles. The van der Waals surface area contributed by atoms with Gasteiger partial charge in [0.1, 0.15) is 0 Å². The maximum Gasteiger partial charge on any atom is 0.298 e. The summed E-state index contributed by atoms with van der Waals surface area (Å²) in [6, 6.07) is 19.0. The van der Waals surface area contributed by atoms with Gasteiger partial charge in [0.25, 0.3) is 10.1 Å². The van der Waals surface area contributed by atoms with E-state index >= 15 is 0 Å². The molecule has 0 fully saturated rings. The molecule has 30 heavy (non-hydrogen) atoms. The van der Waals surface area contributed by atoms with Crippen LogP contribution in [0, 0.1) is 13.8 Å². The Kier molecular flexibility index (Phi) is 6.21. The SMILES string of the molecule is Cc1ccc(S(=O)(=O)OC(C(=O)c2ccccc2)S(=O)(=O)c2ccc(C)cc2)cc1. The van der Waals surface area contributed by atoms with E-state index in [1.165, 1.54) is 36.4 Å². The zero-order valence-electron chi connectivity index (χ0n) is 16.3. The minimum Gasteiger partial charge on any atom is -0.290 e. The van der Waals surface area contributed by atoms with Crippen molar-refractivity contribution in [2.75, 3.05) is 0 Å². The molecule has 3 aromatic carbocycles. The Morgan fingerprint density at radius 3 is 1.67 bits per heavy atom. The number of carbonyl (C=O) groups excluding carboxylic acids is 1. The number of ketones is 1. The molecule has 156 valence electrons. The first-order valence-corrected chi connectivity index (χ1v) is 12.0. The molecule has 0 saturated carbocycles. The summed E-state index contributed by atoms with van der Waals surface area (Å²) in [5.74, 6) is -0.966. The molecule has 0 N–H and O–H groups in total. The second kappa shape index (κ2) is 8.51. The van der Waals surface area contributed by atoms with Crippen molar-refractivity contribution in [1.82, 2.24) is 0 Å². The Hall–Kier alpha value is -2.81. The van der Waals surface area contributed by atoms with E-state index in [0.29, 0.717) is 0 Å². The number of benzene rings is 3. The zero-order valence-corrected chi connectivity index (χ0v) is 18.0. The molecule has 0 spiro atoms. The first-order chi connectivity index (χ1) is 14.1. The van der Waals surface area contributed by atoms with Crippen LogP contribution in [0.3, 0.4) is 0 Å². The molecule has 8 heteroatoms. The highest BCUT2D eigenvalue weighted by molar-refractivity contribution is 7.94. The summed E-state index contributed by atoms with van der Waals surface area (Å²) in [6.45, 7) is 3.56. The van der Waals surface area contributed by atoms with Crippen LogP contribution in [-0.4, -0.2) is 28.1 Å². The summed E-state index contributed by atoms with van der Waals surface area (Å²) in [5, 5.41) is 0. The highest BCUT2D eigenvalue weighted by Crippen LogP contribution is 2.25. The van der Waals surface area contributed by atoms with Gasteiger partial charge in [0.2, 0.25) is 21.1 Å². The van der Waals surface area contributed by atoms with Crippen LogP contribution in [0.5, 0.6) is 0 Å². The molecule has 3 rings (SSSR count). The molecule has 0 aliphatic carbocycles. The van der Waals surface area contributed by atoms with Crippen LogP contribution in [0.1, 0.15) is 21.5 Å². The third-order valence-corrected chi connectivity index (χ3v) is 7.65. The van der Waals surface area contributed by atoms with Crippen LogP contribution in [0.2, 0.25) is 0 Å². The molecular formula is C22H20O6S2. The van der Waals surface area contributed by atoms with Gasteiger partial charge in [-0.1, -0.05) is 65.7 Å². The second-order valence-electron chi connectivity index (χ2n) is 6.78. The van der Waals surface area contributed by atoms with Gasteiger partial charge in [-0.25, -0.2) is 12.6 Å². The average molecular weight is 445 g/mol. The third kappa shape index (κ3) is 4.67. The molecule has 1 atom stereocenters. The first-order valence-electron chi connectivity index (χ1n) is 9.01. The second-order valence-corrected chi connectivity index (χ2v) is 10.3. The summed E-state index contributed by atoms with van der Waals surface area (Å²) < 4.78 is 57.1. The van der Waals surface area contributed by atoms with Crippen molar-refractivity contribution in [2.45, 2.75) is 29.1 Å². The van der Waals surface area contributed by atoms with E-state index in [1.807, 2.05) is 0 Å². The molecule has 0 aliphatic heterocycles. The van der Waals surface area contributed by atoms with Gasteiger partial charge >= 0.3 is 0 Å². The molecule has 0 radical (unpaired) electrons. The van der Waals surface area contributed by atoms with Crippen LogP contribution in [0.4, 0.5) is 0 Å². The molecule has 0 bridgehead atoms. The monoisotopic (exact) mass is 444 g/mol. The number of hydrogen-bond acceptors (Lipinski definition) is 6. The molecule has 0 saturated heterocycles. The number of sulfone groups is 1. The number of rotatable bonds is 7. The molecule has 0 aliphatic rings. The van der Waals surface area contributed by atoms with Crippen molar-refractivity contribution < 1.29 is 25.8 Å². The lowest BCUT2D eigenvalue weighted by Gasteiger charge is -2.18. The molecule has 3 aromatic rings. The Morgan fingerprint density at radius 2 is 1.17 bits per heavy atom. The van der Waals surface area contributed by atoms with E-state index in [4.69, 9.17) is 4.18 Å². The number of Topliss-reactive ketones (excluding diaryl/α,β-unsaturated/α-hetero) is 1. The molecule has 0 amide bonds. The topological polar surface area (TPSA) is 94.6 Å². The lowest BCUT2D eigenvalue weighted by molar-refractivity contribution is 0.0887. The number of aryl methyl sites for hydroxylation is 2. The van der Waals surface area contributed by atoms with Crippen molar-refractivity contribution in [3.8, 4) is 0 Å². The van der Waals surface area contributed by atoms with Crippen molar-refractivity contribution in [3.63, 3.8) is 0 Å². The third-order valence-electron chi connectivity index (χ3n) is 4.43. The van der Waals surface area contributed by atoms with Crippen molar-refractivity contribution >= 4 is 25.7 Å². The van der Waals surface area contributed by atoms with Gasteiger partial charge in [0.05, 0.1) is 9.79 Å². The van der Waals surface area contributed by atoms with Gasteiger partial charge in [-0.05, 0) is 38.1 Å². The lowest BCUT2D eigenvalue weighted by atomic mass is 10.1. The Labute approximate surface area is 176 Å². The summed E-state index contributed by atoms with van der Waals surface area (Å²) in [7, 11) is -8.99. The molecule has 6 nitrogen and oxygen atoms in total. The first kappa shape index (κ1) is 21.9. The van der Waals surface area contributed by atoms with Gasteiger partial charge in [-0.15, -0.1) is 0 Å². The highest BCUT2D eigenvalue weighted by Gasteiger charge is 2.40. The predicted octanol–water partition coefficient (Wildman–Crippen LogP) is 3.69. The minimum atomic E-state index is -4.53. The molecule has 1 unspecified atom stereocenters. The normalized spacial score (nSPS) is 13.0. The Bertz CT molecular complexity index is 1250. The van der Waals surface area contributed by atoms with Gasteiger partial charge < -0.3 is 0 Å². The fraction of sp³-hybridized carbons (Fsp3) is 0.136. The summed E-state index contributed by atoms with van der Waals surface area (Å²) >= 11 is 0. The zero-order chi connectivity index (χ0) is 21.9. The largest absolute Gasteiger partial charge is 0.298 e. The van der Waals surface area contributed by atoms with Crippen LogP contribution in [-0.2, 0) is 24.1 Å². The van der Waals surface area contributed by atoms with Crippen molar-refractivity contribution in [1.29, 1.82) is 0 Å². The maximum absolute atomic E-state index is 13.2. The summed E-state index contributed by atoms with van der Waals surface area (Å²) in [4.78, 5) is 12.6. The van der Waals surface area contributed by atoms with E-state index < -0.39 is 31.2 Å². The van der Waals surface area contributed by atoms with Crippen LogP contribution in [0.25, 0.3) is 0 Å². The Morgan fingerprint density at radius 1 is 0.700 bits per heavy atom. The van der Waals surface area contributed by atoms with Crippen LogP contribution in [0.15, 0.2) is 88.7 Å². The van der Waals surface area contributed by atoms with Gasteiger partial charge in [-0.2, -0.15) is 8.42 Å². The van der Waals surface area contributed by atoms with E-state index in [9.17, 15) is 21.6 Å². The molecular weight excluding hydrogens is 424 g/mol. The summed E-state index contributed by atoms with van der Waals surface area (Å²) in [5.41, 5.74) is -0.600. The molecule has 0 aromatic heterocycles. The maximum atomic E-state index is 13.2. The van der Waals surface area contributed by atoms with Gasteiger partial charge in [0, 0.05) is 5.56 Å². The quantitative estimate of drug-likeness (QED) is 0.407. The average Bonchev–Trinajstić information content (AvgIpc) is 2.73. The van der Waals surface area contributed by atoms with Gasteiger partial charge in [0.15, 0.2) is 0 Å². The van der Waals surface area contributed by atoms with E-state index in [1.54, 1.807) is 56.3 Å². The summed E-state index contributed by atoms with van der Waals surface area (Å²) in [6.07, 6.45) is 0. The fourth-order valence-electron chi connectivity index (χ4n) is 2.70. The van der Waals surface area contributed by atoms with Crippen molar-refractivity contribution in [2.24, 2.45) is 0 Å². The van der Waals surface area contributed by atoms with Crippen molar-refractivity contribution in [3.05, 3.63) is 95.6 Å². The predicted molar refractivity (Wildman–Crippen MR) is 112 cm³/mol. The van der Waals surface area contributed by atoms with E-state index in [2.05, 4.69) is 0 Å². The fourth-order valence-corrected chi connectivity index (χ4v) is 5.50. The van der Waals surface area contributed by atoms with Crippen LogP contribution < -0.4 is 0 Å². The minimum absolute atomic E-state index is 0.0253. The highest BCUT2D eigenvalue weighted by atomic mass is 32.2. The number of hydrogen-bond donors (Lipinski definition) is 0. The Balaban J connectivity index is 2.09. The standard InChI is InChI=1S/C22H20O6S2/c1-16-8-12-19(13-9-16)29(24,25)22(21(23)18-6-4-3-5-7-18)28-30(26,27)20-14-10-17(2)11-15-20/h3-15,22H,1-2H3. The van der Waals surface area contributed by atoms with Gasteiger partial charge in [-0.3, -0.25) is 4.79 Å². The smallest absolute Gasteiger partial charge is 0.290 e. The van der Waals surface area contributed by atoms with Crippen LogP contribution >= 0.6 is 0 Å². The number of carbonyl (C=O) groups is 1. The lowest BCUT2D eigenvalue weighted by Crippen LogP contribution is -2.35. The van der Waals surface area contributed by atoms with E-state index in [-0.39, 0.29) is 15.4 Å².